The van der Waals surface area contributed by atoms with Crippen LogP contribution < -0.4 is 4.90 Å². The predicted octanol–water partition coefficient (Wildman–Crippen LogP) is 4.05. The van der Waals surface area contributed by atoms with Gasteiger partial charge < -0.3 is 4.90 Å². The molecule has 0 aromatic heterocycles. The summed E-state index contributed by atoms with van der Waals surface area (Å²) in [5, 5.41) is 1.19. The Morgan fingerprint density at radius 1 is 1.10 bits per heavy atom. The predicted molar refractivity (Wildman–Crippen MR) is 87.2 cm³/mol. The lowest BCUT2D eigenvalue weighted by Crippen LogP contribution is -2.09. The molecule has 3 heteroatoms. The molecule has 2 aromatic carbocycles. The Hall–Kier alpha value is -1.87. The van der Waals surface area contributed by atoms with Gasteiger partial charge in [0.2, 0.25) is 0 Å². The number of hydrogen-bond acceptors (Lipinski definition) is 2. The molecule has 1 heterocycles. The van der Waals surface area contributed by atoms with E-state index in [1.54, 1.807) is 11.8 Å². The first-order valence-corrected chi connectivity index (χ1v) is 7.42. The number of thioether (sulfide) groups is 1. The van der Waals surface area contributed by atoms with Gasteiger partial charge in [-0.05, 0) is 24.6 Å². The van der Waals surface area contributed by atoms with E-state index in [9.17, 15) is 0 Å². The maximum atomic E-state index is 4.19. The number of anilines is 1. The summed E-state index contributed by atoms with van der Waals surface area (Å²) in [5.41, 5.74) is 4.90. The summed E-state index contributed by atoms with van der Waals surface area (Å²) in [6, 6.07) is 15.1. The molecule has 0 radical (unpaired) electrons. The van der Waals surface area contributed by atoms with Crippen molar-refractivity contribution in [3.63, 3.8) is 0 Å². The van der Waals surface area contributed by atoms with Crippen molar-refractivity contribution in [1.82, 2.24) is 0 Å². The van der Waals surface area contributed by atoms with Gasteiger partial charge in [0.25, 0.3) is 0 Å². The molecule has 3 rings (SSSR count). The lowest BCUT2D eigenvalue weighted by atomic mass is 10.1. The van der Waals surface area contributed by atoms with E-state index in [-0.39, 0.29) is 0 Å². The van der Waals surface area contributed by atoms with E-state index < -0.39 is 0 Å². The normalized spacial score (nSPS) is 13.6. The van der Waals surface area contributed by atoms with Gasteiger partial charge in [-0.2, -0.15) is 0 Å². The average Bonchev–Trinajstić information content (AvgIpc) is 2.75. The summed E-state index contributed by atoms with van der Waals surface area (Å²) in [6.45, 7) is 6.31. The zero-order chi connectivity index (χ0) is 14.3. The highest BCUT2D eigenvalue weighted by Crippen LogP contribution is 2.49. The Kier molecular flexibility index (Phi) is 3.22. The lowest BCUT2D eigenvalue weighted by Gasteiger charge is -2.16. The van der Waals surface area contributed by atoms with Gasteiger partial charge in [-0.3, -0.25) is 4.58 Å². The Labute approximate surface area is 124 Å². The molecule has 0 fully saturated rings. The fraction of sp³-hybridized carbons (Fsp3) is 0.176. The highest BCUT2D eigenvalue weighted by atomic mass is 32.2. The van der Waals surface area contributed by atoms with Crippen molar-refractivity contribution >= 4 is 29.9 Å². The summed E-state index contributed by atoms with van der Waals surface area (Å²) in [6.07, 6.45) is 0. The molecule has 20 heavy (non-hydrogen) atoms. The number of rotatable bonds is 2. The van der Waals surface area contributed by atoms with Crippen LogP contribution in [0.5, 0.6) is 0 Å². The van der Waals surface area contributed by atoms with Crippen LogP contribution in [0.1, 0.15) is 11.1 Å². The fourth-order valence-corrected chi connectivity index (χ4v) is 3.51. The lowest BCUT2D eigenvalue weighted by molar-refractivity contribution is -0.386. The van der Waals surface area contributed by atoms with E-state index in [1.165, 1.54) is 32.8 Å². The standard InChI is InChI=1S/C17H18N2S/c1-12-5-10-15-16(11-12)20-17(19(15)4)13-6-8-14(9-7-13)18(2)3/h5-11H,4H2,1-3H3. The zero-order valence-electron chi connectivity index (χ0n) is 12.1. The first-order valence-electron chi connectivity index (χ1n) is 6.60. The number of benzene rings is 2. The van der Waals surface area contributed by atoms with Crippen LogP contribution in [0.2, 0.25) is 0 Å². The van der Waals surface area contributed by atoms with E-state index >= 15 is 0 Å². The van der Waals surface area contributed by atoms with Crippen LogP contribution in [-0.2, 0) is 0 Å². The minimum Gasteiger partial charge on any atom is -0.379 e. The summed E-state index contributed by atoms with van der Waals surface area (Å²) in [4.78, 5) is 3.39. The number of nitrogens with zero attached hydrogens (tertiary/aromatic N) is 2. The fourth-order valence-electron chi connectivity index (χ4n) is 2.31. The molecular weight excluding hydrogens is 264 g/mol. The third-order valence-corrected chi connectivity index (χ3v) is 4.68. The third-order valence-electron chi connectivity index (χ3n) is 3.49. The quantitative estimate of drug-likeness (QED) is 0.605. The Morgan fingerprint density at radius 3 is 2.45 bits per heavy atom. The summed E-state index contributed by atoms with van der Waals surface area (Å²) in [5.74, 6) is 0. The van der Waals surface area contributed by atoms with Gasteiger partial charge >= 0.3 is 0 Å². The van der Waals surface area contributed by atoms with E-state index in [1.807, 2.05) is 4.58 Å². The molecule has 0 aliphatic carbocycles. The van der Waals surface area contributed by atoms with Gasteiger partial charge in [0.05, 0.1) is 6.72 Å². The zero-order valence-corrected chi connectivity index (χ0v) is 12.9. The smallest absolute Gasteiger partial charge is 0.179 e. The first-order chi connectivity index (χ1) is 9.56. The second kappa shape index (κ2) is 4.91. The molecule has 0 amide bonds. The van der Waals surface area contributed by atoms with Gasteiger partial charge in [0.15, 0.2) is 11.1 Å². The van der Waals surface area contributed by atoms with Gasteiger partial charge in [0, 0.05) is 24.7 Å². The molecule has 0 atom stereocenters. The molecule has 0 spiro atoms. The molecule has 0 saturated heterocycles. The highest BCUT2D eigenvalue weighted by molar-refractivity contribution is 8.02. The minimum absolute atomic E-state index is 1.19. The van der Waals surface area contributed by atoms with Crippen LogP contribution in [0, 0.1) is 12.3 Å². The Bertz CT molecular complexity index is 659. The van der Waals surface area contributed by atoms with Crippen LogP contribution in [0.15, 0.2) is 47.4 Å². The second-order valence-electron chi connectivity index (χ2n) is 5.25. The second-order valence-corrected chi connectivity index (χ2v) is 6.28. The van der Waals surface area contributed by atoms with Crippen LogP contribution in [-0.4, -0.2) is 25.4 Å². The molecule has 2 aromatic rings. The van der Waals surface area contributed by atoms with Gasteiger partial charge in [-0.15, -0.1) is 12.1 Å². The van der Waals surface area contributed by atoms with Crippen molar-refractivity contribution in [1.29, 1.82) is 0 Å². The third kappa shape index (κ3) is 2.18. The van der Waals surface area contributed by atoms with Crippen LogP contribution in [0.3, 0.4) is 0 Å². The molecule has 0 bridgehead atoms. The summed E-state index contributed by atoms with van der Waals surface area (Å²) in [7, 11) is 4.11. The van der Waals surface area contributed by atoms with Crippen molar-refractivity contribution in [3.05, 3.63) is 59.0 Å². The maximum absolute atomic E-state index is 4.19. The minimum atomic E-state index is 1.19. The van der Waals surface area contributed by atoms with Crippen molar-refractivity contribution in [2.75, 3.05) is 19.0 Å². The topological polar surface area (TPSA) is 6.25 Å². The van der Waals surface area contributed by atoms with Crippen molar-refractivity contribution in [2.45, 2.75) is 11.8 Å². The largest absolute Gasteiger partial charge is 0.379 e. The van der Waals surface area contributed by atoms with E-state index in [4.69, 9.17) is 0 Å². The van der Waals surface area contributed by atoms with Crippen molar-refractivity contribution < 1.29 is 4.58 Å². The molecule has 0 N–H and O–H groups in total. The number of aryl methyl sites for hydroxylation is 1. The van der Waals surface area contributed by atoms with E-state index in [0.29, 0.717) is 0 Å². The van der Waals surface area contributed by atoms with Crippen LogP contribution >= 0.6 is 11.8 Å². The molecule has 1 aliphatic rings. The Balaban J connectivity index is 1.92. The summed E-state index contributed by atoms with van der Waals surface area (Å²) >= 11 is 1.79. The molecular formula is C17H18N2S. The number of fused-ring (bicyclic) bond motifs is 1. The SMILES string of the molecule is C=[N+]1c2ccc(C)cc2S[C-]1c1ccc(N(C)C)cc1. The monoisotopic (exact) mass is 282 g/mol. The Morgan fingerprint density at radius 2 is 1.80 bits per heavy atom. The number of hydrogen-bond donors (Lipinski definition) is 0. The van der Waals surface area contributed by atoms with Crippen LogP contribution in [0.4, 0.5) is 11.4 Å². The molecule has 0 unspecified atom stereocenters. The first kappa shape index (κ1) is 13.1. The average molecular weight is 282 g/mol. The van der Waals surface area contributed by atoms with Gasteiger partial charge in [-0.1, -0.05) is 35.5 Å². The van der Waals surface area contributed by atoms with E-state index in [2.05, 4.69) is 75.1 Å². The highest BCUT2D eigenvalue weighted by Gasteiger charge is 2.30. The maximum Gasteiger partial charge on any atom is 0.179 e. The van der Waals surface area contributed by atoms with Crippen molar-refractivity contribution in [3.8, 4) is 0 Å². The molecule has 0 saturated carbocycles. The van der Waals surface area contributed by atoms with Gasteiger partial charge in [-0.25, -0.2) is 0 Å². The molecule has 2 nitrogen and oxygen atoms in total. The molecule has 102 valence electrons. The van der Waals surface area contributed by atoms with Crippen LogP contribution in [0.25, 0.3) is 0 Å². The van der Waals surface area contributed by atoms with Gasteiger partial charge in [0.1, 0.15) is 0 Å². The van der Waals surface area contributed by atoms with Crippen molar-refractivity contribution in [2.24, 2.45) is 0 Å². The summed E-state index contributed by atoms with van der Waals surface area (Å²) < 4.78 is 2.03. The van der Waals surface area contributed by atoms with E-state index in [0.717, 1.165) is 0 Å². The molecule has 1 aliphatic heterocycles.